The maximum Gasteiger partial charge on any atom is 0.264 e. The Morgan fingerprint density at radius 3 is 1.94 bits per heavy atom. The second kappa shape index (κ2) is 35.4. The number of nitrogens with one attached hydrogen (secondary N) is 9. The summed E-state index contributed by atoms with van der Waals surface area (Å²) in [5, 5.41) is 116. The Kier molecular flexibility index (Phi) is 25.6. The fourth-order valence-electron chi connectivity index (χ4n) is 17.0. The minimum absolute atomic E-state index is 0.0666. The molecule has 117 heavy (non-hydrogen) atoms. The molecule has 14 atom stereocenters. The second-order valence-corrected chi connectivity index (χ2v) is 33.7. The smallest absolute Gasteiger partial charge is 0.264 e. The van der Waals surface area contributed by atoms with Crippen LogP contribution in [-0.2, 0) is 53.1 Å². The Morgan fingerprint density at radius 2 is 1.29 bits per heavy atom. The Labute approximate surface area is 678 Å². The molecule has 33 nitrogen and oxygen atoms in total. The number of hydrogen-bond donors (Lipinski definition) is 18. The summed E-state index contributed by atoms with van der Waals surface area (Å²) in [5.41, 5.74) is 4.10. The number of likely N-dealkylation sites (N-methyl/N-ethyl adjacent to an activating group) is 1. The van der Waals surface area contributed by atoms with Crippen LogP contribution in [0.3, 0.4) is 0 Å². The zero-order valence-electron chi connectivity index (χ0n) is 64.6. The van der Waals surface area contributed by atoms with Crippen LogP contribution < -0.4 is 71.9 Å². The minimum Gasteiger partial charge on any atom is -0.508 e. The van der Waals surface area contributed by atoms with Gasteiger partial charge in [0.25, 0.3) is 10.0 Å². The quantitative estimate of drug-likeness (QED) is 0.0473. The molecule has 0 aromatic heterocycles. The molecular weight excluding hydrogens is 1560 g/mol. The molecule has 4 saturated carbocycles. The topological polar surface area (TPSA) is 513 Å². The highest BCUT2D eigenvalue weighted by atomic mass is 35.5. The molecule has 15 bridgehead atoms. The Hall–Kier alpha value is -10.4. The first-order chi connectivity index (χ1) is 55.8. The third-order valence-electron chi connectivity index (χ3n) is 22.9. The summed E-state index contributed by atoms with van der Waals surface area (Å²) in [4.78, 5) is 124. The number of nitrogens with two attached hydrogens (primary N) is 1. The number of carbonyl (C=O) groups is 8. The van der Waals surface area contributed by atoms with E-state index >= 15 is 28.8 Å². The van der Waals surface area contributed by atoms with Crippen molar-refractivity contribution in [3.63, 3.8) is 0 Å². The van der Waals surface area contributed by atoms with E-state index < -0.39 is 200 Å². The second-order valence-electron chi connectivity index (χ2n) is 31.6. The van der Waals surface area contributed by atoms with E-state index in [1.807, 2.05) is 18.6 Å². The zero-order chi connectivity index (χ0) is 83.7. The van der Waals surface area contributed by atoms with E-state index in [0.717, 1.165) is 118 Å². The monoisotopic (exact) mass is 1660 g/mol. The number of carbonyl (C=O) groups excluding carboxylic acids is 8. The average Bonchev–Trinajstić information content (AvgIpc) is 0.762. The highest BCUT2D eigenvalue weighted by molar-refractivity contribution is 7.90. The van der Waals surface area contributed by atoms with E-state index in [-0.39, 0.29) is 85.7 Å². The maximum absolute atomic E-state index is 16.5. The third kappa shape index (κ3) is 18.3. The summed E-state index contributed by atoms with van der Waals surface area (Å²) in [7, 11) is -3.39. The molecular formula is C82H97ClN10O23S. The number of benzene rings is 6. The van der Waals surface area contributed by atoms with E-state index in [4.69, 9.17) is 41.0 Å². The molecule has 6 aromatic carbocycles. The predicted octanol–water partition coefficient (Wildman–Crippen LogP) is 4.33. The summed E-state index contributed by atoms with van der Waals surface area (Å²) in [6, 6.07) is 5.44. The summed E-state index contributed by atoms with van der Waals surface area (Å²) in [5.74, 6) is -13.0. The van der Waals surface area contributed by atoms with E-state index in [0.29, 0.717) is 24.2 Å². The van der Waals surface area contributed by atoms with Gasteiger partial charge >= 0.3 is 0 Å². The molecule has 8 amide bonds. The zero-order valence-corrected chi connectivity index (χ0v) is 66.2. The van der Waals surface area contributed by atoms with Crippen molar-refractivity contribution in [1.82, 2.24) is 47.3 Å². The highest BCUT2D eigenvalue weighted by Crippen LogP contribution is 2.55. The Bertz CT molecular complexity index is 4890. The van der Waals surface area contributed by atoms with Crippen LogP contribution in [0.4, 0.5) is 0 Å². The molecule has 6 aromatic rings. The highest BCUT2D eigenvalue weighted by Gasteiger charge is 2.51. The number of fused-ring (bicyclic) bond motifs is 15. The van der Waals surface area contributed by atoms with Crippen LogP contribution in [0.1, 0.15) is 155 Å². The summed E-state index contributed by atoms with van der Waals surface area (Å²) in [6.07, 6.45) is -6.71. The number of aryl methyl sites for hydroxylation is 1. The average molecular weight is 1660 g/mol. The van der Waals surface area contributed by atoms with Crippen LogP contribution in [-0.4, -0.2) is 178 Å². The summed E-state index contributed by atoms with van der Waals surface area (Å²) in [6.45, 7) is 7.06. The molecule has 16 rings (SSSR count). The molecule has 626 valence electrons. The fraction of sp³-hybridized carbons (Fsp3) is 0.463. The molecule has 6 heterocycles. The van der Waals surface area contributed by atoms with Crippen LogP contribution in [0.2, 0.25) is 5.02 Å². The van der Waals surface area contributed by atoms with E-state index in [9.17, 15) is 58.9 Å². The van der Waals surface area contributed by atoms with Gasteiger partial charge in [0.15, 0.2) is 11.5 Å². The van der Waals surface area contributed by atoms with Gasteiger partial charge in [-0.25, -0.2) is 13.1 Å². The van der Waals surface area contributed by atoms with Crippen molar-refractivity contribution in [1.29, 1.82) is 0 Å². The van der Waals surface area contributed by atoms with Gasteiger partial charge in [0.1, 0.15) is 107 Å². The number of phenols is 3. The van der Waals surface area contributed by atoms with E-state index in [1.54, 1.807) is 0 Å². The van der Waals surface area contributed by atoms with Gasteiger partial charge in [0.2, 0.25) is 59.3 Å². The fourth-order valence-corrected chi connectivity index (χ4v) is 18.3. The molecule has 0 unspecified atom stereocenters. The first-order valence-electron chi connectivity index (χ1n) is 39.1. The lowest BCUT2D eigenvalue weighted by Gasteiger charge is -2.54. The van der Waals surface area contributed by atoms with Crippen molar-refractivity contribution in [2.45, 2.75) is 194 Å². The number of amides is 8. The van der Waals surface area contributed by atoms with Crippen LogP contribution in [0.5, 0.6) is 51.7 Å². The van der Waals surface area contributed by atoms with Gasteiger partial charge < -0.3 is 113 Å². The lowest BCUT2D eigenvalue weighted by molar-refractivity contribution is -0.270. The lowest BCUT2D eigenvalue weighted by atomic mass is 9.54. The van der Waals surface area contributed by atoms with Gasteiger partial charge in [-0.05, 0) is 201 Å². The Morgan fingerprint density at radius 1 is 0.650 bits per heavy atom. The number of aliphatic hydroxyl groups excluding tert-OH is 5. The van der Waals surface area contributed by atoms with Gasteiger partial charge in [-0.2, -0.15) is 0 Å². The SMILES string of the molecule is CCCCCCOc1ccc(S(=O)(=O)NC(=O)C[C@@H]2NC(=O)[C@H](NC(=O)[C@@H](CC(C)C)NC)[C@H](O)c3ccc(c(C)c3)Oc3cc4cc(c3O[C@@H]3O[C@H](CN)[C@@H](O)[C@H](O)[C@H]3O)Oc3ccc(cc3Cl)[C@@H](O)[C@@H]3NC(=O)[C@H](NC(=O)[C@@H]4NC2=O)c2ccc(O)c(c2)-c2c(O)cc(O)cc2[C@@H](C(=O)NC2C4CC5CC(C4)CC2C5)NC3=O)cc1. The number of unbranched alkanes of at least 4 members (excludes halogenated alkanes) is 3. The van der Waals surface area contributed by atoms with Crippen LogP contribution >= 0.6 is 11.6 Å². The number of rotatable bonds is 20. The lowest BCUT2D eigenvalue weighted by Crippen LogP contribution is -2.60. The molecule has 6 aliphatic heterocycles. The largest absolute Gasteiger partial charge is 0.508 e. The number of aromatic hydroxyl groups is 3. The molecule has 4 aliphatic carbocycles. The van der Waals surface area contributed by atoms with Gasteiger partial charge in [-0.3, -0.25) is 38.4 Å². The predicted molar refractivity (Wildman–Crippen MR) is 418 cm³/mol. The van der Waals surface area contributed by atoms with Crippen molar-refractivity contribution >= 4 is 68.9 Å². The van der Waals surface area contributed by atoms with Crippen molar-refractivity contribution in [3.8, 4) is 62.9 Å². The normalized spacial score (nSPS) is 27.8. The summed E-state index contributed by atoms with van der Waals surface area (Å²) < 4.78 is 62.1. The number of phenolic OH excluding ortho intramolecular Hbond substituents is 3. The molecule has 19 N–H and O–H groups in total. The van der Waals surface area contributed by atoms with Gasteiger partial charge in [-0.15, -0.1) is 0 Å². The standard InChI is InChI=1S/C82H97ClN10O23S/c1-6-7-8-9-20-112-47-13-15-48(16-14-47)117(110,111)93-61(97)34-53-76(104)88-65-45-30-58(113-56-18-11-41(22-37(56)4)69(98)67(80(108)86-53)91-75(103)52(85-5)21-36(2)3)74(116-82-73(102)72(101)71(100)60(35-84)115-82)59(31-45)114-57-19-12-42(29-51(57)83)70(99)68-81(109)90-66(79(107)87-63-43-24-38-23-39(26-43)27-44(63)25-38)50-32-46(94)33-55(96)62(50)49-28-40(10-17-54(49)95)64(77(105)92-68)89-78(65)106/h10-19,22,28-33,36,38-39,43-44,52-53,60,63-73,82,85,94-96,98-102H,6-9,20-21,23-27,34-35,84H2,1-5H3,(H,86,108)(H,87,107)(H,88,104)(H,89,106)(H,90,109)(H,91,103)(H,92,105)(H,93,97)/t38?,39?,43?,44?,52-,53+,60-,63?,64-,65-,66+,67-,68+,69-,70-,71-,72+,73-,82+/m1/s1. The van der Waals surface area contributed by atoms with E-state index in [1.165, 1.54) is 56.4 Å². The van der Waals surface area contributed by atoms with Crippen LogP contribution in [0, 0.1) is 36.5 Å². The Balaban J connectivity index is 0.989. The number of aliphatic hydroxyl groups is 5. The van der Waals surface area contributed by atoms with Crippen molar-refractivity contribution < 1.29 is 111 Å². The van der Waals surface area contributed by atoms with Crippen LogP contribution in [0.15, 0.2) is 108 Å². The van der Waals surface area contributed by atoms with Crippen molar-refractivity contribution in [3.05, 3.63) is 142 Å². The molecule has 35 heteroatoms. The maximum atomic E-state index is 16.5. The number of hydrogen-bond acceptors (Lipinski definition) is 25. The van der Waals surface area contributed by atoms with Gasteiger partial charge in [0.05, 0.1) is 29.0 Å². The number of sulfonamides is 1. The minimum atomic E-state index is -4.87. The summed E-state index contributed by atoms with van der Waals surface area (Å²) >= 11 is 7.19. The first-order valence-corrected chi connectivity index (χ1v) is 41.0. The first kappa shape index (κ1) is 84.5. The third-order valence-corrected chi connectivity index (χ3v) is 24.6. The molecule has 10 aliphatic rings. The van der Waals surface area contributed by atoms with Crippen LogP contribution in [0.25, 0.3) is 11.1 Å². The van der Waals surface area contributed by atoms with Crippen molar-refractivity contribution in [2.75, 3.05) is 20.2 Å². The number of ether oxygens (including phenoxy) is 5. The van der Waals surface area contributed by atoms with E-state index in [2.05, 4.69) is 49.5 Å². The van der Waals surface area contributed by atoms with Gasteiger partial charge in [-0.1, -0.05) is 69.8 Å². The molecule has 1 saturated heterocycles. The molecule has 0 spiro atoms. The number of halogens is 1. The van der Waals surface area contributed by atoms with Crippen molar-refractivity contribution in [2.24, 2.45) is 35.3 Å². The molecule has 5 fully saturated rings. The molecule has 0 radical (unpaired) electrons. The van der Waals surface area contributed by atoms with Gasteiger partial charge in [0, 0.05) is 29.8 Å².